The molecule has 89 heavy (non-hydrogen) atoms. The van der Waals surface area contributed by atoms with Crippen molar-refractivity contribution in [2.24, 2.45) is 50.2 Å². The van der Waals surface area contributed by atoms with Gasteiger partial charge in [0.25, 0.3) is 0 Å². The van der Waals surface area contributed by atoms with Crippen molar-refractivity contribution in [3.8, 4) is 0 Å². The molecule has 27 heteroatoms. The SMILES string of the molecule is CCC/C=C/C(=O)O[C@H]1[C@H](OC(C)=O)[C@]2(CO)[C@H](O)C[C@]3(C)C(=CC[C@@H]4[C@@]5(C)CC[C@H](O[C@@H]6O[C@H](C(=O)O)[C@@H](O[C@@H]7O[C@H](CO)[C@@H](O)[C@H](O)[C@H]7O)[C@H](O)[C@H]6O[C@@H]6O[C@H](CO)[C@H](O)[C@H](O)[C@H]6O[C@@H]6O[C@@H](C)[C@H](O)[C@@H](O)[C@H]6O)C(C)(C)[C@@H]5CC[C@]43C)[C@@H]2CC1(C)C. The van der Waals surface area contributed by atoms with Gasteiger partial charge in [0.15, 0.2) is 31.3 Å². The lowest BCUT2D eigenvalue weighted by molar-refractivity contribution is -0.404. The molecule has 4 saturated carbocycles. The van der Waals surface area contributed by atoms with Crippen LogP contribution < -0.4 is 0 Å². The zero-order valence-electron chi connectivity index (χ0n) is 52.4. The van der Waals surface area contributed by atoms with Crippen molar-refractivity contribution >= 4 is 17.9 Å². The fourth-order valence-corrected chi connectivity index (χ4v) is 17.8. The number of allylic oxidation sites excluding steroid dienone is 3. The van der Waals surface area contributed by atoms with Crippen LogP contribution in [0.25, 0.3) is 0 Å². The summed E-state index contributed by atoms with van der Waals surface area (Å²) in [4.78, 5) is 39.8. The van der Waals surface area contributed by atoms with Crippen LogP contribution in [0.15, 0.2) is 23.8 Å². The summed E-state index contributed by atoms with van der Waals surface area (Å²) >= 11 is 0. The van der Waals surface area contributed by atoms with Crippen LogP contribution in [0, 0.1) is 50.2 Å². The van der Waals surface area contributed by atoms with Crippen molar-refractivity contribution in [3.63, 3.8) is 0 Å². The first kappa shape index (κ1) is 70.4. The lowest BCUT2D eigenvalue weighted by Gasteiger charge is -2.72. The van der Waals surface area contributed by atoms with Crippen molar-refractivity contribution in [1.82, 2.24) is 0 Å². The largest absolute Gasteiger partial charge is 0.479 e. The standard InChI is InChI=1S/C62H98O27/c1-11-12-13-14-36(68)85-50-51(81-27(3)66)62(25-65)29(21-57(50,4)5)28-15-16-33-59(8)19-18-35(58(6,7)32(59)17-20-60(33,9)61(28,10)22-34(62)67)84-56-48(45(77)46(49(89-56)52(78)79)86-54-44(76)41(73)38(70)30(23-63)82-54)88-55-47(42(74)39(71)31(24-64)83-55)87-53-43(75)40(72)37(69)26(2)80-53/h13-15,26,29-35,37-51,53-56,63-65,67,69-77H,11-12,16-25H2,1-10H3,(H,78,79)/b14-13+/t26-,29-,30+,31+,32-,33+,34+,35-,37-,38+,39-,40+,41-,42-,43+,44+,45-,46-,47+,48+,49-,50-,51-,53-,54-,55-,56+,59-,60+,61+,62-/m0/s1. The second kappa shape index (κ2) is 26.3. The van der Waals surface area contributed by atoms with Gasteiger partial charge in [0, 0.05) is 18.4 Å². The van der Waals surface area contributed by atoms with E-state index in [0.29, 0.717) is 44.9 Å². The molecule has 0 aromatic heterocycles. The van der Waals surface area contributed by atoms with Gasteiger partial charge in [-0.3, -0.25) is 4.79 Å². The van der Waals surface area contributed by atoms with Crippen LogP contribution in [-0.4, -0.2) is 256 Å². The molecule has 27 nitrogen and oxygen atoms in total. The second-order valence-corrected chi connectivity index (χ2v) is 28.7. The Morgan fingerprint density at radius 2 is 1.20 bits per heavy atom. The minimum Gasteiger partial charge on any atom is -0.479 e. The third-order valence-corrected chi connectivity index (χ3v) is 22.9. The Hall–Kier alpha value is -2.95. The summed E-state index contributed by atoms with van der Waals surface area (Å²) in [5.41, 5.74) is -3.62. The normalized spacial score (nSPS) is 50.3. The van der Waals surface area contributed by atoms with Crippen molar-refractivity contribution in [1.29, 1.82) is 0 Å². The molecule has 0 aromatic rings. The highest BCUT2D eigenvalue weighted by molar-refractivity contribution is 5.82. The number of ether oxygens (including phenoxy) is 10. The quantitative estimate of drug-likeness (QED) is 0.0357. The number of unbranched alkanes of at least 4 members (excludes halogenated alkanes) is 1. The van der Waals surface area contributed by atoms with Gasteiger partial charge in [-0.15, -0.1) is 0 Å². The lowest BCUT2D eigenvalue weighted by Crippen LogP contribution is -2.72. The van der Waals surface area contributed by atoms with Crippen LogP contribution in [0.3, 0.4) is 0 Å². The van der Waals surface area contributed by atoms with Gasteiger partial charge in [0.2, 0.25) is 0 Å². The Kier molecular flexibility index (Phi) is 20.8. The minimum absolute atomic E-state index is 0.0257. The van der Waals surface area contributed by atoms with Crippen molar-refractivity contribution < 1.29 is 133 Å². The predicted molar refractivity (Wildman–Crippen MR) is 303 cm³/mol. The zero-order valence-corrected chi connectivity index (χ0v) is 52.4. The van der Waals surface area contributed by atoms with Crippen LogP contribution in [0.5, 0.6) is 0 Å². The maximum absolute atomic E-state index is 13.4. The van der Waals surface area contributed by atoms with Crippen molar-refractivity contribution in [3.05, 3.63) is 23.8 Å². The summed E-state index contributed by atoms with van der Waals surface area (Å²) in [6.07, 6.45) is -32.0. The summed E-state index contributed by atoms with van der Waals surface area (Å²) in [6, 6.07) is 0. The average molecular weight is 1280 g/mol. The van der Waals surface area contributed by atoms with E-state index in [1.54, 1.807) is 6.08 Å². The van der Waals surface area contributed by atoms with E-state index in [-0.39, 0.29) is 18.3 Å². The highest BCUT2D eigenvalue weighted by Gasteiger charge is 2.74. The van der Waals surface area contributed by atoms with E-state index in [9.17, 15) is 85.9 Å². The fraction of sp³-hybridized carbons (Fsp3) is 0.887. The van der Waals surface area contributed by atoms with Crippen LogP contribution >= 0.6 is 0 Å². The number of aliphatic hydroxyl groups is 13. The summed E-state index contributed by atoms with van der Waals surface area (Å²) in [5.74, 6) is -3.66. The van der Waals surface area contributed by atoms with Gasteiger partial charge >= 0.3 is 17.9 Å². The van der Waals surface area contributed by atoms with Crippen LogP contribution in [0.4, 0.5) is 0 Å². The molecular weight excluding hydrogens is 1180 g/mol. The maximum atomic E-state index is 13.4. The lowest BCUT2D eigenvalue weighted by atomic mass is 9.33. The number of carbonyl (C=O) groups is 3. The van der Waals surface area contributed by atoms with E-state index >= 15 is 0 Å². The summed E-state index contributed by atoms with van der Waals surface area (Å²) in [5, 5.41) is 156. The summed E-state index contributed by atoms with van der Waals surface area (Å²) in [6.45, 7) is 16.9. The molecule has 0 amide bonds. The molecule has 508 valence electrons. The average Bonchev–Trinajstić information content (AvgIpc) is 0.676. The van der Waals surface area contributed by atoms with Gasteiger partial charge in [0.1, 0.15) is 97.7 Å². The Balaban J connectivity index is 1.04. The number of carbonyl (C=O) groups excluding carboxylic acids is 2. The van der Waals surface area contributed by atoms with E-state index in [2.05, 4.69) is 26.8 Å². The molecule has 4 saturated heterocycles. The molecule has 31 atom stereocenters. The van der Waals surface area contributed by atoms with Gasteiger partial charge in [-0.25, -0.2) is 9.59 Å². The number of aliphatic carboxylic acids is 1. The molecule has 9 rings (SSSR count). The highest BCUT2D eigenvalue weighted by atomic mass is 16.8. The zero-order chi connectivity index (χ0) is 65.6. The summed E-state index contributed by atoms with van der Waals surface area (Å²) in [7, 11) is 0. The first-order chi connectivity index (χ1) is 41.6. The minimum atomic E-state index is -2.23. The van der Waals surface area contributed by atoms with Gasteiger partial charge in [-0.05, 0) is 97.7 Å². The third-order valence-electron chi connectivity index (χ3n) is 22.9. The molecule has 0 spiro atoms. The molecule has 4 aliphatic heterocycles. The molecular formula is C62H98O27. The molecule has 9 aliphatic rings. The van der Waals surface area contributed by atoms with Gasteiger partial charge < -0.3 is 119 Å². The smallest absolute Gasteiger partial charge is 0.335 e. The van der Waals surface area contributed by atoms with Crippen LogP contribution in [0.2, 0.25) is 0 Å². The van der Waals surface area contributed by atoms with Gasteiger partial charge in [-0.2, -0.15) is 0 Å². The second-order valence-electron chi connectivity index (χ2n) is 28.7. The molecule has 0 radical (unpaired) electrons. The van der Waals surface area contributed by atoms with Gasteiger partial charge in [0.05, 0.1) is 43.5 Å². The first-order valence-corrected chi connectivity index (χ1v) is 31.5. The number of rotatable bonds is 17. The predicted octanol–water partition coefficient (Wildman–Crippen LogP) is -1.05. The first-order valence-electron chi connectivity index (χ1n) is 31.5. The Morgan fingerprint density at radius 3 is 1.81 bits per heavy atom. The van der Waals surface area contributed by atoms with Crippen LogP contribution in [0.1, 0.15) is 127 Å². The van der Waals surface area contributed by atoms with Crippen molar-refractivity contribution in [2.75, 3.05) is 19.8 Å². The van der Waals surface area contributed by atoms with Crippen LogP contribution in [-0.2, 0) is 61.8 Å². The molecule has 4 heterocycles. The molecule has 0 unspecified atom stereocenters. The fourth-order valence-electron chi connectivity index (χ4n) is 17.8. The number of esters is 2. The van der Waals surface area contributed by atoms with Crippen molar-refractivity contribution in [2.45, 2.75) is 274 Å². The third kappa shape index (κ3) is 12.0. The van der Waals surface area contributed by atoms with E-state index < -0.39 is 223 Å². The maximum Gasteiger partial charge on any atom is 0.335 e. The monoisotopic (exact) mass is 1270 g/mol. The number of hydrogen-bond donors (Lipinski definition) is 14. The number of aliphatic hydroxyl groups excluding tert-OH is 13. The Bertz CT molecular complexity index is 2570. The van der Waals surface area contributed by atoms with E-state index in [0.717, 1.165) is 12.0 Å². The topological polar surface area (TPSA) is 427 Å². The Morgan fingerprint density at radius 1 is 0.629 bits per heavy atom. The molecule has 0 bridgehead atoms. The van der Waals surface area contributed by atoms with E-state index in [4.69, 9.17) is 47.4 Å². The molecule has 0 aromatic carbocycles. The summed E-state index contributed by atoms with van der Waals surface area (Å²) < 4.78 is 61.1. The number of carboxylic acid groups (broad SMARTS) is 1. The van der Waals surface area contributed by atoms with E-state index in [1.165, 1.54) is 19.9 Å². The van der Waals surface area contributed by atoms with E-state index in [1.807, 2.05) is 34.6 Å². The number of fused-ring (bicyclic) bond motifs is 7. The Labute approximate surface area is 517 Å². The molecule has 8 fully saturated rings. The number of hydrogen-bond acceptors (Lipinski definition) is 26. The van der Waals surface area contributed by atoms with Gasteiger partial charge in [-0.1, -0.05) is 79.5 Å². The number of carboxylic acids is 1. The molecule has 5 aliphatic carbocycles. The molecule has 14 N–H and O–H groups in total. The highest BCUT2D eigenvalue weighted by Crippen LogP contribution is 2.76.